The summed E-state index contributed by atoms with van der Waals surface area (Å²) in [5, 5.41) is 2.89. The number of nitrogens with one attached hydrogen (secondary N) is 1. The molecule has 2 saturated heterocycles. The van der Waals surface area contributed by atoms with Gasteiger partial charge < -0.3 is 15.0 Å². The van der Waals surface area contributed by atoms with Crippen LogP contribution >= 0.6 is 0 Å². The van der Waals surface area contributed by atoms with Gasteiger partial charge in [0.1, 0.15) is 12.1 Å². The highest BCUT2D eigenvalue weighted by molar-refractivity contribution is 6.09. The van der Waals surface area contributed by atoms with Gasteiger partial charge in [-0.15, -0.1) is 0 Å². The SMILES string of the molecule is C[C@@H]1CN(C(=O)CN2C(=O)N[C@]3(CCCC[C@H]3C)C2=O)C[C@H](C)O1. The fourth-order valence-electron chi connectivity index (χ4n) is 4.26. The summed E-state index contributed by atoms with van der Waals surface area (Å²) in [5.74, 6) is -0.324. The predicted octanol–water partition coefficient (Wildman–Crippen LogP) is 1.12. The first-order valence-electron chi connectivity index (χ1n) is 8.91. The van der Waals surface area contributed by atoms with Crippen LogP contribution in [0.4, 0.5) is 4.79 Å². The minimum absolute atomic E-state index is 0.0366. The Labute approximate surface area is 142 Å². The van der Waals surface area contributed by atoms with Crippen molar-refractivity contribution in [3.05, 3.63) is 0 Å². The van der Waals surface area contributed by atoms with E-state index in [1.807, 2.05) is 20.8 Å². The molecule has 0 aromatic rings. The summed E-state index contributed by atoms with van der Waals surface area (Å²) in [6, 6.07) is -0.434. The molecule has 0 aromatic heterocycles. The number of urea groups is 1. The van der Waals surface area contributed by atoms with E-state index < -0.39 is 11.6 Å². The first-order chi connectivity index (χ1) is 11.3. The topological polar surface area (TPSA) is 79.0 Å². The van der Waals surface area contributed by atoms with E-state index in [1.54, 1.807) is 4.90 Å². The number of hydrogen-bond acceptors (Lipinski definition) is 4. The smallest absolute Gasteiger partial charge is 0.325 e. The maximum absolute atomic E-state index is 12.9. The summed E-state index contributed by atoms with van der Waals surface area (Å²) >= 11 is 0. The molecule has 1 N–H and O–H groups in total. The largest absolute Gasteiger partial charge is 0.372 e. The fraction of sp³-hybridized carbons (Fsp3) is 0.824. The van der Waals surface area contributed by atoms with E-state index in [1.165, 1.54) is 0 Å². The van der Waals surface area contributed by atoms with E-state index in [4.69, 9.17) is 4.74 Å². The highest BCUT2D eigenvalue weighted by atomic mass is 16.5. The molecule has 24 heavy (non-hydrogen) atoms. The Bertz CT molecular complexity index is 542. The molecule has 4 atom stereocenters. The Kier molecular flexibility index (Phi) is 4.55. The minimum Gasteiger partial charge on any atom is -0.372 e. The van der Waals surface area contributed by atoms with Crippen molar-refractivity contribution >= 4 is 17.8 Å². The van der Waals surface area contributed by atoms with Gasteiger partial charge in [0.25, 0.3) is 5.91 Å². The Morgan fingerprint density at radius 1 is 1.21 bits per heavy atom. The number of imide groups is 1. The number of carbonyl (C=O) groups is 3. The van der Waals surface area contributed by atoms with Gasteiger partial charge in [-0.05, 0) is 32.6 Å². The third kappa shape index (κ3) is 2.90. The first-order valence-corrected chi connectivity index (χ1v) is 8.91. The Morgan fingerprint density at radius 3 is 2.50 bits per heavy atom. The zero-order valence-electron chi connectivity index (χ0n) is 14.7. The van der Waals surface area contributed by atoms with Crippen LogP contribution in [0.1, 0.15) is 46.5 Å². The van der Waals surface area contributed by atoms with Crippen LogP contribution in [0.2, 0.25) is 0 Å². The molecule has 1 saturated carbocycles. The van der Waals surface area contributed by atoms with Crippen LogP contribution in [0.25, 0.3) is 0 Å². The second-order valence-electron chi connectivity index (χ2n) is 7.50. The molecule has 0 radical (unpaired) electrons. The molecular formula is C17H27N3O4. The number of carbonyl (C=O) groups excluding carboxylic acids is 3. The summed E-state index contributed by atoms with van der Waals surface area (Å²) in [6.45, 7) is 6.65. The predicted molar refractivity (Wildman–Crippen MR) is 87.2 cm³/mol. The lowest BCUT2D eigenvalue weighted by Gasteiger charge is -2.37. The zero-order valence-corrected chi connectivity index (χ0v) is 14.7. The average Bonchev–Trinajstić information content (AvgIpc) is 2.74. The molecule has 3 fully saturated rings. The third-order valence-electron chi connectivity index (χ3n) is 5.57. The number of hydrogen-bond donors (Lipinski definition) is 1. The standard InChI is InChI=1S/C17H27N3O4/c1-11-6-4-5-7-17(11)15(22)20(16(23)18-17)10-14(21)19-8-12(2)24-13(3)9-19/h11-13H,4-10H2,1-3H3,(H,18,23)/t11-,12-,13+,17+/m1/s1. The van der Waals surface area contributed by atoms with Gasteiger partial charge in [-0.3, -0.25) is 14.5 Å². The van der Waals surface area contributed by atoms with E-state index in [0.29, 0.717) is 19.5 Å². The van der Waals surface area contributed by atoms with Crippen LogP contribution in [0.3, 0.4) is 0 Å². The molecule has 3 rings (SSSR count). The van der Waals surface area contributed by atoms with Crippen molar-refractivity contribution in [2.45, 2.75) is 64.2 Å². The van der Waals surface area contributed by atoms with Gasteiger partial charge in [-0.1, -0.05) is 19.8 Å². The number of amides is 4. The number of nitrogens with zero attached hydrogens (tertiary/aromatic N) is 2. The first kappa shape index (κ1) is 17.2. The average molecular weight is 337 g/mol. The molecule has 2 heterocycles. The summed E-state index contributed by atoms with van der Waals surface area (Å²) in [6.07, 6.45) is 3.52. The van der Waals surface area contributed by atoms with Crippen molar-refractivity contribution in [3.8, 4) is 0 Å². The fourth-order valence-corrected chi connectivity index (χ4v) is 4.26. The Balaban J connectivity index is 1.70. The van der Waals surface area contributed by atoms with Crippen LogP contribution in [-0.4, -0.2) is 65.0 Å². The van der Waals surface area contributed by atoms with Gasteiger partial charge in [-0.25, -0.2) is 4.79 Å². The van der Waals surface area contributed by atoms with Crippen LogP contribution in [0.15, 0.2) is 0 Å². The van der Waals surface area contributed by atoms with Crippen molar-refractivity contribution in [1.29, 1.82) is 0 Å². The molecule has 0 unspecified atom stereocenters. The van der Waals surface area contributed by atoms with Gasteiger partial charge >= 0.3 is 6.03 Å². The molecule has 2 aliphatic heterocycles. The van der Waals surface area contributed by atoms with Crippen LogP contribution in [0.5, 0.6) is 0 Å². The quantitative estimate of drug-likeness (QED) is 0.766. The Morgan fingerprint density at radius 2 is 1.88 bits per heavy atom. The highest BCUT2D eigenvalue weighted by Gasteiger charge is 2.55. The van der Waals surface area contributed by atoms with E-state index in [9.17, 15) is 14.4 Å². The lowest BCUT2D eigenvalue weighted by molar-refractivity contribution is -0.147. The third-order valence-corrected chi connectivity index (χ3v) is 5.57. The van der Waals surface area contributed by atoms with E-state index in [-0.39, 0.29) is 36.5 Å². The van der Waals surface area contributed by atoms with Crippen LogP contribution < -0.4 is 5.32 Å². The van der Waals surface area contributed by atoms with Crippen molar-refractivity contribution in [3.63, 3.8) is 0 Å². The maximum atomic E-state index is 12.9. The van der Waals surface area contributed by atoms with Gasteiger partial charge in [0.15, 0.2) is 0 Å². The van der Waals surface area contributed by atoms with Gasteiger partial charge in [0.05, 0.1) is 12.2 Å². The van der Waals surface area contributed by atoms with E-state index in [0.717, 1.165) is 24.2 Å². The minimum atomic E-state index is -0.804. The highest BCUT2D eigenvalue weighted by Crippen LogP contribution is 2.38. The van der Waals surface area contributed by atoms with Crippen LogP contribution in [0, 0.1) is 5.92 Å². The lowest BCUT2D eigenvalue weighted by Crippen LogP contribution is -2.54. The summed E-state index contributed by atoms with van der Waals surface area (Å²) < 4.78 is 5.63. The molecule has 1 spiro atoms. The lowest BCUT2D eigenvalue weighted by atomic mass is 9.73. The van der Waals surface area contributed by atoms with Crippen LogP contribution in [-0.2, 0) is 14.3 Å². The van der Waals surface area contributed by atoms with Gasteiger partial charge in [-0.2, -0.15) is 0 Å². The molecule has 4 amide bonds. The van der Waals surface area contributed by atoms with E-state index >= 15 is 0 Å². The molecular weight excluding hydrogens is 310 g/mol. The summed E-state index contributed by atoms with van der Waals surface area (Å²) in [7, 11) is 0. The Hall–Kier alpha value is -1.63. The van der Waals surface area contributed by atoms with Crippen molar-refractivity contribution in [1.82, 2.24) is 15.1 Å². The molecule has 0 aromatic carbocycles. The number of rotatable bonds is 2. The van der Waals surface area contributed by atoms with Crippen molar-refractivity contribution in [2.24, 2.45) is 5.92 Å². The monoisotopic (exact) mass is 337 g/mol. The van der Waals surface area contributed by atoms with Crippen molar-refractivity contribution in [2.75, 3.05) is 19.6 Å². The molecule has 7 heteroatoms. The maximum Gasteiger partial charge on any atom is 0.325 e. The number of ether oxygens (including phenoxy) is 1. The zero-order chi connectivity index (χ0) is 17.5. The number of morpholine rings is 1. The second-order valence-corrected chi connectivity index (χ2v) is 7.50. The van der Waals surface area contributed by atoms with Crippen molar-refractivity contribution < 1.29 is 19.1 Å². The van der Waals surface area contributed by atoms with E-state index in [2.05, 4.69) is 5.32 Å². The molecule has 134 valence electrons. The second kappa shape index (κ2) is 6.35. The summed E-state index contributed by atoms with van der Waals surface area (Å²) in [4.78, 5) is 40.6. The molecule has 0 bridgehead atoms. The normalized spacial score (nSPS) is 37.0. The molecule has 7 nitrogen and oxygen atoms in total. The summed E-state index contributed by atoms with van der Waals surface area (Å²) in [5.41, 5.74) is -0.804. The van der Waals surface area contributed by atoms with Gasteiger partial charge in [0.2, 0.25) is 5.91 Å². The molecule has 3 aliphatic rings. The van der Waals surface area contributed by atoms with Gasteiger partial charge in [0, 0.05) is 13.1 Å². The molecule has 1 aliphatic carbocycles.